The number of aliphatic hydroxyl groups is 1. The van der Waals surface area contributed by atoms with Gasteiger partial charge in [-0.15, -0.1) is 0 Å². The van der Waals surface area contributed by atoms with Gasteiger partial charge in [0.2, 0.25) is 0 Å². The molecule has 1 atom stereocenters. The number of rotatable bonds is 7. The Labute approximate surface area is 125 Å². The van der Waals surface area contributed by atoms with E-state index in [-0.39, 0.29) is 6.54 Å². The predicted octanol–water partition coefficient (Wildman–Crippen LogP) is 2.31. The summed E-state index contributed by atoms with van der Waals surface area (Å²) in [5.41, 5.74) is 5.47. The Morgan fingerprint density at radius 1 is 1.00 bits per heavy atom. The molecule has 0 aliphatic rings. The lowest BCUT2D eigenvalue weighted by Crippen LogP contribution is -2.36. The Bertz CT molecular complexity index is 559. The molecule has 0 bridgehead atoms. The van der Waals surface area contributed by atoms with Crippen molar-refractivity contribution in [2.75, 3.05) is 20.3 Å². The van der Waals surface area contributed by atoms with Crippen LogP contribution in [0.1, 0.15) is 12.0 Å². The zero-order valence-corrected chi connectivity index (χ0v) is 12.2. The maximum absolute atomic E-state index is 10.7. The second kappa shape index (κ2) is 7.11. The fourth-order valence-corrected chi connectivity index (χ4v) is 2.18. The van der Waals surface area contributed by atoms with Crippen molar-refractivity contribution >= 4 is 0 Å². The van der Waals surface area contributed by atoms with Crippen molar-refractivity contribution in [1.82, 2.24) is 0 Å². The summed E-state index contributed by atoms with van der Waals surface area (Å²) in [5.74, 6) is 1.33. The van der Waals surface area contributed by atoms with Crippen molar-refractivity contribution in [1.29, 1.82) is 0 Å². The second-order valence-electron chi connectivity index (χ2n) is 4.85. The van der Waals surface area contributed by atoms with Crippen molar-refractivity contribution < 1.29 is 14.6 Å². The monoisotopic (exact) mass is 287 g/mol. The highest BCUT2D eigenvalue weighted by Gasteiger charge is 2.27. The minimum absolute atomic E-state index is 0.145. The highest BCUT2D eigenvalue weighted by molar-refractivity contribution is 5.39. The van der Waals surface area contributed by atoms with Crippen LogP contribution in [0.3, 0.4) is 0 Å². The molecule has 0 radical (unpaired) electrons. The molecule has 0 spiro atoms. The molecule has 0 amide bonds. The maximum Gasteiger partial charge on any atom is 0.161 e. The second-order valence-corrected chi connectivity index (χ2v) is 4.85. The van der Waals surface area contributed by atoms with E-state index in [1.165, 1.54) is 0 Å². The molecule has 0 saturated heterocycles. The number of ether oxygens (including phenoxy) is 2. The van der Waals surface area contributed by atoms with Crippen LogP contribution in [0.4, 0.5) is 0 Å². The lowest BCUT2D eigenvalue weighted by atomic mass is 9.91. The van der Waals surface area contributed by atoms with Crippen molar-refractivity contribution in [2.45, 2.75) is 12.0 Å². The normalized spacial score (nSPS) is 13.5. The van der Waals surface area contributed by atoms with Gasteiger partial charge in [-0.3, -0.25) is 0 Å². The molecule has 0 aliphatic carbocycles. The van der Waals surface area contributed by atoms with E-state index in [1.807, 2.05) is 54.6 Å². The Hall–Kier alpha value is -2.04. The molecule has 0 saturated carbocycles. The quantitative estimate of drug-likeness (QED) is 0.820. The zero-order chi connectivity index (χ0) is 15.1. The van der Waals surface area contributed by atoms with Gasteiger partial charge in [-0.25, -0.2) is 0 Å². The van der Waals surface area contributed by atoms with Crippen LogP contribution in [-0.2, 0) is 5.60 Å². The van der Waals surface area contributed by atoms with E-state index >= 15 is 0 Å². The number of benzene rings is 2. The van der Waals surface area contributed by atoms with Crippen molar-refractivity contribution in [3.8, 4) is 11.5 Å². The zero-order valence-electron chi connectivity index (χ0n) is 12.2. The minimum Gasteiger partial charge on any atom is -0.493 e. The van der Waals surface area contributed by atoms with Gasteiger partial charge in [-0.2, -0.15) is 0 Å². The van der Waals surface area contributed by atoms with E-state index in [1.54, 1.807) is 7.11 Å². The largest absolute Gasteiger partial charge is 0.493 e. The van der Waals surface area contributed by atoms with Gasteiger partial charge in [-0.1, -0.05) is 42.5 Å². The van der Waals surface area contributed by atoms with E-state index in [2.05, 4.69) is 0 Å². The molecule has 21 heavy (non-hydrogen) atoms. The molecule has 4 heteroatoms. The molecule has 0 aliphatic heterocycles. The van der Waals surface area contributed by atoms with Gasteiger partial charge < -0.3 is 20.3 Å². The number of methoxy groups -OCH3 is 1. The van der Waals surface area contributed by atoms with E-state index in [0.717, 1.165) is 5.56 Å². The third-order valence-corrected chi connectivity index (χ3v) is 3.49. The summed E-state index contributed by atoms with van der Waals surface area (Å²) < 4.78 is 10.9. The summed E-state index contributed by atoms with van der Waals surface area (Å²) in [6.07, 6.45) is 0.408. The number of hydrogen-bond donors (Lipinski definition) is 2. The molecule has 2 aromatic rings. The number of para-hydroxylation sites is 2. The molecule has 0 heterocycles. The van der Waals surface area contributed by atoms with Gasteiger partial charge >= 0.3 is 0 Å². The average Bonchev–Trinajstić information content (AvgIpc) is 2.56. The van der Waals surface area contributed by atoms with Crippen LogP contribution in [0.2, 0.25) is 0 Å². The van der Waals surface area contributed by atoms with Gasteiger partial charge in [0.25, 0.3) is 0 Å². The first-order chi connectivity index (χ1) is 10.2. The number of nitrogens with two attached hydrogens (primary N) is 1. The predicted molar refractivity (Wildman–Crippen MR) is 82.5 cm³/mol. The Morgan fingerprint density at radius 2 is 1.62 bits per heavy atom. The molecule has 0 fully saturated rings. The molecule has 112 valence electrons. The topological polar surface area (TPSA) is 64.7 Å². The summed E-state index contributed by atoms with van der Waals surface area (Å²) in [7, 11) is 1.60. The maximum atomic E-state index is 10.7. The molecule has 2 rings (SSSR count). The Kier molecular flexibility index (Phi) is 5.20. The van der Waals surface area contributed by atoms with Crippen molar-refractivity contribution in [3.05, 3.63) is 60.2 Å². The van der Waals surface area contributed by atoms with Crippen LogP contribution in [0.15, 0.2) is 54.6 Å². The first-order valence-electron chi connectivity index (χ1n) is 6.93. The van der Waals surface area contributed by atoms with Crippen molar-refractivity contribution in [2.24, 2.45) is 5.73 Å². The van der Waals surface area contributed by atoms with Gasteiger partial charge in [0, 0.05) is 13.0 Å². The molecular formula is C17H21NO3. The molecule has 2 aromatic carbocycles. The van der Waals surface area contributed by atoms with Gasteiger partial charge in [0.15, 0.2) is 11.5 Å². The molecule has 4 nitrogen and oxygen atoms in total. The van der Waals surface area contributed by atoms with Crippen LogP contribution in [-0.4, -0.2) is 25.4 Å². The Morgan fingerprint density at radius 3 is 2.24 bits per heavy atom. The van der Waals surface area contributed by atoms with Crippen LogP contribution >= 0.6 is 0 Å². The molecule has 0 aromatic heterocycles. The molecular weight excluding hydrogens is 266 g/mol. The van der Waals surface area contributed by atoms with Crippen LogP contribution in [0, 0.1) is 0 Å². The highest BCUT2D eigenvalue weighted by Crippen LogP contribution is 2.28. The summed E-state index contributed by atoms with van der Waals surface area (Å²) in [6, 6.07) is 16.9. The third kappa shape index (κ3) is 3.74. The average molecular weight is 287 g/mol. The van der Waals surface area contributed by atoms with E-state index in [4.69, 9.17) is 15.2 Å². The van der Waals surface area contributed by atoms with Crippen LogP contribution in [0.25, 0.3) is 0 Å². The summed E-state index contributed by atoms with van der Waals surface area (Å²) in [4.78, 5) is 0. The van der Waals surface area contributed by atoms with Gasteiger partial charge in [0.05, 0.1) is 13.7 Å². The first kappa shape index (κ1) is 15.4. The Balaban J connectivity index is 2.01. The van der Waals surface area contributed by atoms with Crippen LogP contribution < -0.4 is 15.2 Å². The van der Waals surface area contributed by atoms with Gasteiger partial charge in [0.1, 0.15) is 5.60 Å². The third-order valence-electron chi connectivity index (χ3n) is 3.49. The minimum atomic E-state index is -1.08. The van der Waals surface area contributed by atoms with E-state index in [0.29, 0.717) is 24.5 Å². The fraction of sp³-hybridized carbons (Fsp3) is 0.294. The number of hydrogen-bond acceptors (Lipinski definition) is 4. The fourth-order valence-electron chi connectivity index (χ4n) is 2.18. The van der Waals surface area contributed by atoms with Crippen molar-refractivity contribution in [3.63, 3.8) is 0 Å². The van der Waals surface area contributed by atoms with Gasteiger partial charge in [-0.05, 0) is 17.7 Å². The summed E-state index contributed by atoms with van der Waals surface area (Å²) in [5, 5.41) is 10.7. The highest BCUT2D eigenvalue weighted by atomic mass is 16.5. The summed E-state index contributed by atoms with van der Waals surface area (Å²) in [6.45, 7) is 0.495. The molecule has 1 unspecified atom stereocenters. The first-order valence-corrected chi connectivity index (χ1v) is 6.93. The smallest absolute Gasteiger partial charge is 0.161 e. The SMILES string of the molecule is COc1ccccc1OCCC(O)(CN)c1ccccc1. The van der Waals surface area contributed by atoms with Crippen LogP contribution in [0.5, 0.6) is 11.5 Å². The lowest BCUT2D eigenvalue weighted by molar-refractivity contribution is 0.0230. The van der Waals surface area contributed by atoms with E-state index < -0.39 is 5.60 Å². The molecule has 3 N–H and O–H groups in total. The lowest BCUT2D eigenvalue weighted by Gasteiger charge is -2.27. The summed E-state index contributed by atoms with van der Waals surface area (Å²) >= 11 is 0. The van der Waals surface area contributed by atoms with E-state index in [9.17, 15) is 5.11 Å². The standard InChI is InChI=1S/C17H21NO3/c1-20-15-9-5-6-10-16(15)21-12-11-17(19,13-18)14-7-3-2-4-8-14/h2-10,19H,11-13,18H2,1H3.